The van der Waals surface area contributed by atoms with Crippen LogP contribution in [0.4, 0.5) is 11.5 Å². The molecule has 1 aromatic heterocycles. The average molecular weight is 234 g/mol. The molecule has 2 rings (SSSR count). The minimum atomic E-state index is 0.358. The van der Waals surface area contributed by atoms with Crippen LogP contribution < -0.4 is 16.0 Å². The van der Waals surface area contributed by atoms with Gasteiger partial charge in [-0.05, 0) is 38.8 Å². The predicted molar refractivity (Wildman–Crippen MR) is 72.4 cm³/mol. The molecule has 0 saturated carbocycles. The molecule has 17 heavy (non-hydrogen) atoms. The molecule has 0 atom stereocenters. The van der Waals surface area contributed by atoms with Gasteiger partial charge in [0.2, 0.25) is 0 Å². The van der Waals surface area contributed by atoms with Gasteiger partial charge in [0.1, 0.15) is 0 Å². The molecule has 2 heterocycles. The third-order valence-electron chi connectivity index (χ3n) is 3.07. The first-order valence-corrected chi connectivity index (χ1v) is 6.39. The molecule has 0 radical (unpaired) electrons. The average Bonchev–Trinajstić information content (AvgIpc) is 2.30. The zero-order valence-electron chi connectivity index (χ0n) is 10.7. The molecular weight excluding hydrogens is 212 g/mol. The molecule has 3 N–H and O–H groups in total. The lowest BCUT2D eigenvalue weighted by Gasteiger charge is -2.32. The summed E-state index contributed by atoms with van der Waals surface area (Å²) in [6, 6.07) is 4.85. The van der Waals surface area contributed by atoms with E-state index in [4.69, 9.17) is 5.73 Å². The molecule has 0 unspecified atom stereocenters. The summed E-state index contributed by atoms with van der Waals surface area (Å²) in [4.78, 5) is 6.83. The van der Waals surface area contributed by atoms with Crippen LogP contribution in [-0.2, 0) is 0 Å². The number of anilines is 2. The summed E-state index contributed by atoms with van der Waals surface area (Å²) >= 11 is 0. The Kier molecular flexibility index (Phi) is 3.84. The second kappa shape index (κ2) is 5.36. The Balaban J connectivity index is 2.14. The number of nitrogens with two attached hydrogens (primary N) is 1. The van der Waals surface area contributed by atoms with Crippen LogP contribution in [-0.4, -0.2) is 30.2 Å². The zero-order valence-corrected chi connectivity index (χ0v) is 10.7. The maximum Gasteiger partial charge on any atom is 0.151 e. The van der Waals surface area contributed by atoms with Gasteiger partial charge in [0, 0.05) is 31.4 Å². The van der Waals surface area contributed by atoms with Crippen LogP contribution in [0.5, 0.6) is 0 Å². The molecule has 1 saturated heterocycles. The molecule has 1 aliphatic rings. The number of nitrogens with one attached hydrogen (secondary N) is 1. The first-order valence-electron chi connectivity index (χ1n) is 6.39. The Labute approximate surface area is 103 Å². The van der Waals surface area contributed by atoms with Gasteiger partial charge in [0.25, 0.3) is 0 Å². The lowest BCUT2D eigenvalue weighted by molar-refractivity contribution is 0.499. The van der Waals surface area contributed by atoms with Crippen molar-refractivity contribution in [3.8, 4) is 0 Å². The summed E-state index contributed by atoms with van der Waals surface area (Å²) in [5.41, 5.74) is 7.05. The highest BCUT2D eigenvalue weighted by Gasteiger charge is 2.19. The van der Waals surface area contributed by atoms with Crippen molar-refractivity contribution < 1.29 is 0 Å². The van der Waals surface area contributed by atoms with Crippen molar-refractivity contribution in [3.05, 3.63) is 18.3 Å². The number of nitrogens with zero attached hydrogens (tertiary/aromatic N) is 2. The highest BCUT2D eigenvalue weighted by atomic mass is 15.2. The highest BCUT2D eigenvalue weighted by molar-refractivity contribution is 5.65. The summed E-state index contributed by atoms with van der Waals surface area (Å²) < 4.78 is 0. The van der Waals surface area contributed by atoms with Crippen LogP contribution in [0.1, 0.15) is 26.7 Å². The first kappa shape index (κ1) is 12.2. The molecule has 4 nitrogen and oxygen atoms in total. The van der Waals surface area contributed by atoms with Gasteiger partial charge >= 0.3 is 0 Å². The smallest absolute Gasteiger partial charge is 0.151 e. The third kappa shape index (κ3) is 3.09. The standard InChI is InChI=1S/C13H22N4/c1-10(2)16-12-4-3-7-15-13(12)17-8-5-11(14)6-9-17/h3-4,7,10-11,16H,5-6,8-9,14H2,1-2H3. The Morgan fingerprint density at radius 1 is 1.41 bits per heavy atom. The maximum atomic E-state index is 5.93. The molecular formula is C13H22N4. The molecule has 4 heteroatoms. The predicted octanol–water partition coefficient (Wildman–Crippen LogP) is 1.83. The number of pyridine rings is 1. The van der Waals surface area contributed by atoms with Gasteiger partial charge in [-0.25, -0.2) is 4.98 Å². The van der Waals surface area contributed by atoms with Crippen molar-refractivity contribution in [2.24, 2.45) is 5.73 Å². The van der Waals surface area contributed by atoms with E-state index in [0.29, 0.717) is 12.1 Å². The Hall–Kier alpha value is -1.29. The number of rotatable bonds is 3. The summed E-state index contributed by atoms with van der Waals surface area (Å²) in [5.74, 6) is 1.06. The fourth-order valence-corrected chi connectivity index (χ4v) is 2.18. The van der Waals surface area contributed by atoms with E-state index in [1.54, 1.807) is 0 Å². The van der Waals surface area contributed by atoms with Crippen LogP contribution in [0, 0.1) is 0 Å². The van der Waals surface area contributed by atoms with Crippen LogP contribution in [0.25, 0.3) is 0 Å². The summed E-state index contributed by atoms with van der Waals surface area (Å²) in [6.07, 6.45) is 3.96. The van der Waals surface area contributed by atoms with Crippen molar-refractivity contribution in [1.82, 2.24) is 4.98 Å². The fourth-order valence-electron chi connectivity index (χ4n) is 2.18. The molecule has 94 valence electrons. The third-order valence-corrected chi connectivity index (χ3v) is 3.07. The highest BCUT2D eigenvalue weighted by Crippen LogP contribution is 2.25. The van der Waals surface area contributed by atoms with Crippen LogP contribution in [0.2, 0.25) is 0 Å². The fraction of sp³-hybridized carbons (Fsp3) is 0.615. The van der Waals surface area contributed by atoms with Crippen molar-refractivity contribution in [3.63, 3.8) is 0 Å². The minimum absolute atomic E-state index is 0.358. The van der Waals surface area contributed by atoms with E-state index in [1.165, 1.54) is 0 Å². The van der Waals surface area contributed by atoms with E-state index in [1.807, 2.05) is 12.3 Å². The number of aromatic nitrogens is 1. The van der Waals surface area contributed by atoms with Gasteiger partial charge in [-0.2, -0.15) is 0 Å². The van der Waals surface area contributed by atoms with Gasteiger partial charge in [0.05, 0.1) is 5.69 Å². The first-order chi connectivity index (χ1) is 8.16. The molecule has 0 amide bonds. The summed E-state index contributed by atoms with van der Waals surface area (Å²) in [7, 11) is 0. The Bertz CT molecular complexity index is 356. The zero-order chi connectivity index (χ0) is 12.3. The van der Waals surface area contributed by atoms with E-state index in [0.717, 1.165) is 37.4 Å². The van der Waals surface area contributed by atoms with E-state index >= 15 is 0 Å². The van der Waals surface area contributed by atoms with Crippen LogP contribution in [0.3, 0.4) is 0 Å². The molecule has 0 bridgehead atoms. The van der Waals surface area contributed by atoms with Crippen LogP contribution >= 0.6 is 0 Å². The van der Waals surface area contributed by atoms with Gasteiger partial charge in [-0.15, -0.1) is 0 Å². The second-order valence-corrected chi connectivity index (χ2v) is 5.00. The van der Waals surface area contributed by atoms with Crippen molar-refractivity contribution >= 4 is 11.5 Å². The quantitative estimate of drug-likeness (QED) is 0.838. The number of piperidine rings is 1. The van der Waals surface area contributed by atoms with E-state index in [2.05, 4.69) is 35.1 Å². The van der Waals surface area contributed by atoms with E-state index in [-0.39, 0.29) is 0 Å². The number of hydrogen-bond donors (Lipinski definition) is 2. The van der Waals surface area contributed by atoms with Gasteiger partial charge in [-0.1, -0.05) is 0 Å². The normalized spacial score (nSPS) is 17.5. The minimum Gasteiger partial charge on any atom is -0.380 e. The lowest BCUT2D eigenvalue weighted by atomic mass is 10.1. The van der Waals surface area contributed by atoms with E-state index in [9.17, 15) is 0 Å². The summed E-state index contributed by atoms with van der Waals surface area (Å²) in [6.45, 7) is 6.29. The summed E-state index contributed by atoms with van der Waals surface area (Å²) in [5, 5.41) is 3.45. The number of hydrogen-bond acceptors (Lipinski definition) is 4. The van der Waals surface area contributed by atoms with E-state index < -0.39 is 0 Å². The SMILES string of the molecule is CC(C)Nc1cccnc1N1CCC(N)CC1. The Morgan fingerprint density at radius 2 is 2.12 bits per heavy atom. The monoisotopic (exact) mass is 234 g/mol. The van der Waals surface area contributed by atoms with Gasteiger partial charge in [0.15, 0.2) is 5.82 Å². The largest absolute Gasteiger partial charge is 0.380 e. The molecule has 1 fully saturated rings. The van der Waals surface area contributed by atoms with Gasteiger partial charge < -0.3 is 16.0 Å². The molecule has 0 aliphatic carbocycles. The molecule has 0 spiro atoms. The maximum absolute atomic E-state index is 5.93. The van der Waals surface area contributed by atoms with Crippen LogP contribution in [0.15, 0.2) is 18.3 Å². The molecule has 1 aliphatic heterocycles. The molecule has 0 aromatic carbocycles. The Morgan fingerprint density at radius 3 is 2.76 bits per heavy atom. The van der Waals surface area contributed by atoms with Gasteiger partial charge in [-0.3, -0.25) is 0 Å². The lowest BCUT2D eigenvalue weighted by Crippen LogP contribution is -2.40. The van der Waals surface area contributed by atoms with Crippen molar-refractivity contribution in [2.45, 2.75) is 38.8 Å². The van der Waals surface area contributed by atoms with Crippen molar-refractivity contribution in [2.75, 3.05) is 23.3 Å². The molecule has 1 aromatic rings. The topological polar surface area (TPSA) is 54.2 Å². The van der Waals surface area contributed by atoms with Crippen molar-refractivity contribution in [1.29, 1.82) is 0 Å². The second-order valence-electron chi connectivity index (χ2n) is 5.00.